The molecule has 0 unspecified atom stereocenters. The standard InChI is InChI=1S/C20H19NO4S2/c1-23-15-6-8-16(9-7-15)24-10-3-11-25-17-5-2-4-14(12-17)13-18-19(22)21-20(26)27-18/h2,4-9,12-13H,3,10-11H2,1H3,(H,21,22,26). The predicted octanol–water partition coefficient (Wildman–Crippen LogP) is 4.03. The highest BCUT2D eigenvalue weighted by Crippen LogP contribution is 2.27. The number of nitrogens with one attached hydrogen (secondary N) is 1. The minimum Gasteiger partial charge on any atom is -0.497 e. The van der Waals surface area contributed by atoms with Gasteiger partial charge in [0.15, 0.2) is 0 Å². The van der Waals surface area contributed by atoms with Crippen molar-refractivity contribution in [3.63, 3.8) is 0 Å². The minimum absolute atomic E-state index is 0.160. The molecular formula is C20H19NO4S2. The van der Waals surface area contributed by atoms with E-state index in [4.69, 9.17) is 26.4 Å². The summed E-state index contributed by atoms with van der Waals surface area (Å²) in [6.45, 7) is 1.10. The first-order chi connectivity index (χ1) is 13.1. The summed E-state index contributed by atoms with van der Waals surface area (Å²) in [7, 11) is 1.63. The second kappa shape index (κ2) is 9.43. The molecule has 3 rings (SSSR count). The first-order valence-corrected chi connectivity index (χ1v) is 9.61. The molecule has 7 heteroatoms. The van der Waals surface area contributed by atoms with Gasteiger partial charge in [0.1, 0.15) is 21.6 Å². The highest BCUT2D eigenvalue weighted by atomic mass is 32.2. The number of amides is 1. The fraction of sp³-hybridized carbons (Fsp3) is 0.200. The van der Waals surface area contributed by atoms with E-state index >= 15 is 0 Å². The molecule has 2 aromatic carbocycles. The summed E-state index contributed by atoms with van der Waals surface area (Å²) in [5, 5.41) is 2.60. The van der Waals surface area contributed by atoms with Crippen molar-refractivity contribution in [3.8, 4) is 17.2 Å². The van der Waals surface area contributed by atoms with Crippen LogP contribution in [-0.2, 0) is 4.79 Å². The molecule has 0 spiro atoms. The van der Waals surface area contributed by atoms with Crippen molar-refractivity contribution in [2.75, 3.05) is 20.3 Å². The molecule has 0 saturated carbocycles. The molecule has 1 saturated heterocycles. The Labute approximate surface area is 167 Å². The van der Waals surface area contributed by atoms with Gasteiger partial charge in [-0.3, -0.25) is 4.79 Å². The van der Waals surface area contributed by atoms with Gasteiger partial charge in [-0.25, -0.2) is 0 Å². The van der Waals surface area contributed by atoms with Crippen LogP contribution >= 0.6 is 24.0 Å². The summed E-state index contributed by atoms with van der Waals surface area (Å²) in [6.07, 6.45) is 2.56. The van der Waals surface area contributed by atoms with E-state index in [0.717, 1.165) is 29.2 Å². The average Bonchev–Trinajstić information content (AvgIpc) is 2.99. The zero-order chi connectivity index (χ0) is 19.1. The second-order valence-corrected chi connectivity index (χ2v) is 7.37. The lowest BCUT2D eigenvalue weighted by molar-refractivity contribution is -0.115. The predicted molar refractivity (Wildman–Crippen MR) is 111 cm³/mol. The van der Waals surface area contributed by atoms with E-state index < -0.39 is 0 Å². The topological polar surface area (TPSA) is 56.8 Å². The van der Waals surface area contributed by atoms with Crippen molar-refractivity contribution in [3.05, 3.63) is 59.0 Å². The Hall–Kier alpha value is -2.51. The summed E-state index contributed by atoms with van der Waals surface area (Å²) in [6, 6.07) is 15.1. The van der Waals surface area contributed by atoms with Crippen LogP contribution < -0.4 is 19.5 Å². The third kappa shape index (κ3) is 5.74. The number of carbonyl (C=O) groups is 1. The van der Waals surface area contributed by atoms with E-state index in [9.17, 15) is 4.79 Å². The number of benzene rings is 2. The van der Waals surface area contributed by atoms with E-state index in [-0.39, 0.29) is 5.91 Å². The molecule has 5 nitrogen and oxygen atoms in total. The Morgan fingerprint density at radius 2 is 1.74 bits per heavy atom. The van der Waals surface area contributed by atoms with Crippen LogP contribution in [0.15, 0.2) is 53.4 Å². The van der Waals surface area contributed by atoms with Gasteiger partial charge in [-0.1, -0.05) is 36.1 Å². The fourth-order valence-corrected chi connectivity index (χ4v) is 3.42. The zero-order valence-electron chi connectivity index (χ0n) is 14.8. The maximum absolute atomic E-state index is 11.7. The third-order valence-electron chi connectivity index (χ3n) is 3.68. The fourth-order valence-electron chi connectivity index (χ4n) is 2.38. The number of thioether (sulfide) groups is 1. The Bertz CT molecular complexity index is 849. The average molecular weight is 402 g/mol. The summed E-state index contributed by atoms with van der Waals surface area (Å²) in [5.41, 5.74) is 0.893. The number of methoxy groups -OCH3 is 1. The highest BCUT2D eigenvalue weighted by Gasteiger charge is 2.21. The molecule has 0 radical (unpaired) electrons. The van der Waals surface area contributed by atoms with Gasteiger partial charge in [-0.2, -0.15) is 0 Å². The van der Waals surface area contributed by atoms with Crippen LogP contribution in [0.25, 0.3) is 6.08 Å². The van der Waals surface area contributed by atoms with E-state index in [0.29, 0.717) is 22.4 Å². The lowest BCUT2D eigenvalue weighted by atomic mass is 10.2. The van der Waals surface area contributed by atoms with Crippen LogP contribution in [0.1, 0.15) is 12.0 Å². The van der Waals surface area contributed by atoms with Crippen LogP contribution in [0.5, 0.6) is 17.2 Å². The summed E-state index contributed by atoms with van der Waals surface area (Å²) in [4.78, 5) is 12.3. The lowest BCUT2D eigenvalue weighted by Crippen LogP contribution is -2.17. The molecule has 1 amide bonds. The SMILES string of the molecule is COc1ccc(OCCCOc2cccc(C=C3SC(=S)NC3=O)c2)cc1. The lowest BCUT2D eigenvalue weighted by Gasteiger charge is -2.09. The monoisotopic (exact) mass is 401 g/mol. The first kappa shape index (κ1) is 19.3. The summed E-state index contributed by atoms with van der Waals surface area (Å²) >= 11 is 6.26. The van der Waals surface area contributed by atoms with E-state index in [1.54, 1.807) is 13.2 Å². The number of ether oxygens (including phenoxy) is 3. The van der Waals surface area contributed by atoms with Gasteiger partial charge >= 0.3 is 0 Å². The molecule has 1 fully saturated rings. The van der Waals surface area contributed by atoms with Gasteiger partial charge in [0.25, 0.3) is 5.91 Å². The van der Waals surface area contributed by atoms with Crippen molar-refractivity contribution < 1.29 is 19.0 Å². The number of carbonyl (C=O) groups excluding carboxylic acids is 1. The molecule has 1 N–H and O–H groups in total. The van der Waals surface area contributed by atoms with Crippen molar-refractivity contribution >= 4 is 40.3 Å². The minimum atomic E-state index is -0.160. The van der Waals surface area contributed by atoms with Gasteiger partial charge in [-0.05, 0) is 48.0 Å². The van der Waals surface area contributed by atoms with Gasteiger partial charge in [0.05, 0.1) is 25.2 Å². The number of thiocarbonyl (C=S) groups is 1. The molecule has 1 heterocycles. The maximum atomic E-state index is 11.7. The molecule has 0 aromatic heterocycles. The molecule has 0 atom stereocenters. The molecule has 0 bridgehead atoms. The second-order valence-electron chi connectivity index (χ2n) is 5.65. The van der Waals surface area contributed by atoms with E-state index in [1.165, 1.54) is 11.8 Å². The van der Waals surface area contributed by atoms with Crippen molar-refractivity contribution in [2.24, 2.45) is 0 Å². The number of hydrogen-bond donors (Lipinski definition) is 1. The van der Waals surface area contributed by atoms with Crippen molar-refractivity contribution in [1.82, 2.24) is 5.32 Å². The van der Waals surface area contributed by atoms with Crippen LogP contribution in [0, 0.1) is 0 Å². The Kier molecular flexibility index (Phi) is 6.73. The number of rotatable bonds is 8. The molecule has 140 valence electrons. The molecule has 27 heavy (non-hydrogen) atoms. The first-order valence-electron chi connectivity index (χ1n) is 8.38. The van der Waals surface area contributed by atoms with Crippen LogP contribution in [0.3, 0.4) is 0 Å². The van der Waals surface area contributed by atoms with Gasteiger partial charge < -0.3 is 19.5 Å². The Morgan fingerprint density at radius 3 is 2.41 bits per heavy atom. The smallest absolute Gasteiger partial charge is 0.263 e. The van der Waals surface area contributed by atoms with Gasteiger partial charge in [-0.15, -0.1) is 0 Å². The molecular weight excluding hydrogens is 382 g/mol. The third-order valence-corrected chi connectivity index (χ3v) is 4.85. The Morgan fingerprint density at radius 1 is 1.04 bits per heavy atom. The van der Waals surface area contributed by atoms with Crippen molar-refractivity contribution in [1.29, 1.82) is 0 Å². The summed E-state index contributed by atoms with van der Waals surface area (Å²) in [5.74, 6) is 2.19. The normalized spacial score (nSPS) is 14.9. The van der Waals surface area contributed by atoms with Crippen LogP contribution in [0.2, 0.25) is 0 Å². The molecule has 2 aromatic rings. The van der Waals surface area contributed by atoms with Crippen molar-refractivity contribution in [2.45, 2.75) is 6.42 Å². The van der Waals surface area contributed by atoms with Crippen LogP contribution in [0.4, 0.5) is 0 Å². The zero-order valence-corrected chi connectivity index (χ0v) is 16.4. The molecule has 1 aliphatic rings. The quantitative estimate of drug-likeness (QED) is 0.409. The summed E-state index contributed by atoms with van der Waals surface area (Å²) < 4.78 is 17.0. The largest absolute Gasteiger partial charge is 0.497 e. The molecule has 1 aliphatic heterocycles. The van der Waals surface area contributed by atoms with E-state index in [2.05, 4.69) is 5.32 Å². The maximum Gasteiger partial charge on any atom is 0.263 e. The van der Waals surface area contributed by atoms with Crippen LogP contribution in [-0.4, -0.2) is 30.6 Å². The number of hydrogen-bond acceptors (Lipinski definition) is 6. The highest BCUT2D eigenvalue weighted by molar-refractivity contribution is 8.26. The molecule has 0 aliphatic carbocycles. The Balaban J connectivity index is 1.45. The van der Waals surface area contributed by atoms with E-state index in [1.807, 2.05) is 48.5 Å². The van der Waals surface area contributed by atoms with Gasteiger partial charge in [0, 0.05) is 6.42 Å². The van der Waals surface area contributed by atoms with Gasteiger partial charge in [0.2, 0.25) is 0 Å².